The van der Waals surface area contributed by atoms with Crippen LogP contribution in [0.4, 0.5) is 5.69 Å². The van der Waals surface area contributed by atoms with Crippen LogP contribution in [0.15, 0.2) is 84.9 Å². The summed E-state index contributed by atoms with van der Waals surface area (Å²) in [5.41, 5.74) is 3.12. The van der Waals surface area contributed by atoms with E-state index in [4.69, 9.17) is 11.6 Å². The van der Waals surface area contributed by atoms with E-state index in [0.29, 0.717) is 11.6 Å². The molecule has 0 radical (unpaired) electrons. The van der Waals surface area contributed by atoms with Gasteiger partial charge in [-0.05, 0) is 48.2 Å². The molecule has 3 aromatic carbocycles. The number of para-hydroxylation sites is 1. The zero-order valence-electron chi connectivity index (χ0n) is 17.0. The van der Waals surface area contributed by atoms with Gasteiger partial charge in [0.05, 0.1) is 0 Å². The molecule has 3 aromatic rings. The summed E-state index contributed by atoms with van der Waals surface area (Å²) in [5.74, 6) is 0.0454. The van der Waals surface area contributed by atoms with Crippen LogP contribution in [-0.2, 0) is 11.3 Å². The summed E-state index contributed by atoms with van der Waals surface area (Å²) < 4.78 is 0. The van der Waals surface area contributed by atoms with E-state index < -0.39 is 6.04 Å². The largest absolute Gasteiger partial charge is 0.352 e. The molecule has 1 aliphatic carbocycles. The van der Waals surface area contributed by atoms with Gasteiger partial charge in [0, 0.05) is 23.3 Å². The van der Waals surface area contributed by atoms with Gasteiger partial charge in [0.15, 0.2) is 0 Å². The number of carbonyl (C=O) groups excluding carboxylic acids is 1. The maximum Gasteiger partial charge on any atom is 0.247 e. The molecule has 1 fully saturated rings. The first-order valence-corrected chi connectivity index (χ1v) is 11.0. The van der Waals surface area contributed by atoms with Crippen molar-refractivity contribution in [3.05, 3.63) is 101 Å². The van der Waals surface area contributed by atoms with Gasteiger partial charge in [-0.1, -0.05) is 85.1 Å². The molecule has 0 aliphatic heterocycles. The minimum absolute atomic E-state index is 0.0454. The third-order valence-electron chi connectivity index (χ3n) is 5.73. The Kier molecular flexibility index (Phi) is 6.70. The smallest absolute Gasteiger partial charge is 0.247 e. The standard InChI is InChI=1S/C26H27ClN2O/c27-22-17-15-21(16-18-22)25(26(30)28-23-11-7-8-12-23)29(24-13-5-2-6-14-24)19-20-9-3-1-4-10-20/h1-6,9-10,13-18,23,25H,7-8,11-12,19H2,(H,28,30)/t25-/m0/s1. The molecule has 3 nitrogen and oxygen atoms in total. The number of hydrogen-bond donors (Lipinski definition) is 1. The van der Waals surface area contributed by atoms with Gasteiger partial charge in [-0.2, -0.15) is 0 Å². The van der Waals surface area contributed by atoms with E-state index >= 15 is 0 Å². The number of rotatable bonds is 7. The topological polar surface area (TPSA) is 32.3 Å². The fraction of sp³-hybridized carbons (Fsp3) is 0.269. The predicted molar refractivity (Wildman–Crippen MR) is 124 cm³/mol. The van der Waals surface area contributed by atoms with Crippen LogP contribution in [0.5, 0.6) is 0 Å². The third-order valence-corrected chi connectivity index (χ3v) is 5.98. The minimum Gasteiger partial charge on any atom is -0.352 e. The summed E-state index contributed by atoms with van der Waals surface area (Å²) in [6, 6.07) is 27.9. The molecular formula is C26H27ClN2O. The number of amides is 1. The Balaban J connectivity index is 1.73. The van der Waals surface area contributed by atoms with E-state index in [1.54, 1.807) is 0 Å². The maximum absolute atomic E-state index is 13.6. The van der Waals surface area contributed by atoms with E-state index in [0.717, 1.165) is 29.7 Å². The summed E-state index contributed by atoms with van der Waals surface area (Å²) in [6.45, 7) is 0.635. The van der Waals surface area contributed by atoms with Crippen molar-refractivity contribution in [3.63, 3.8) is 0 Å². The summed E-state index contributed by atoms with van der Waals surface area (Å²) in [5, 5.41) is 3.98. The first-order chi connectivity index (χ1) is 14.7. The molecule has 1 N–H and O–H groups in total. The molecule has 1 atom stereocenters. The second kappa shape index (κ2) is 9.82. The zero-order valence-corrected chi connectivity index (χ0v) is 17.8. The molecule has 1 amide bonds. The van der Waals surface area contributed by atoms with Gasteiger partial charge in [-0.15, -0.1) is 0 Å². The maximum atomic E-state index is 13.6. The van der Waals surface area contributed by atoms with Crippen LogP contribution in [0.25, 0.3) is 0 Å². The van der Waals surface area contributed by atoms with Gasteiger partial charge >= 0.3 is 0 Å². The van der Waals surface area contributed by atoms with Gasteiger partial charge in [0.1, 0.15) is 6.04 Å². The van der Waals surface area contributed by atoms with Crippen molar-refractivity contribution in [2.45, 2.75) is 44.3 Å². The number of benzene rings is 3. The fourth-order valence-electron chi connectivity index (χ4n) is 4.20. The average Bonchev–Trinajstić information content (AvgIpc) is 3.29. The predicted octanol–water partition coefficient (Wildman–Crippen LogP) is 6.15. The molecule has 4 rings (SSSR count). The first kappa shape index (κ1) is 20.5. The molecule has 0 aromatic heterocycles. The number of hydrogen-bond acceptors (Lipinski definition) is 2. The Morgan fingerprint density at radius 1 is 0.900 bits per heavy atom. The lowest BCUT2D eigenvalue weighted by atomic mass is 10.0. The van der Waals surface area contributed by atoms with Crippen molar-refractivity contribution >= 4 is 23.2 Å². The summed E-state index contributed by atoms with van der Waals surface area (Å²) in [7, 11) is 0. The average molecular weight is 419 g/mol. The highest BCUT2D eigenvalue weighted by Crippen LogP contribution is 2.31. The number of halogens is 1. The van der Waals surface area contributed by atoms with Crippen LogP contribution >= 0.6 is 11.6 Å². The molecule has 0 unspecified atom stereocenters. The lowest BCUT2D eigenvalue weighted by Crippen LogP contribution is -2.43. The van der Waals surface area contributed by atoms with Crippen molar-refractivity contribution in [2.75, 3.05) is 4.90 Å². The number of anilines is 1. The second-order valence-electron chi connectivity index (χ2n) is 7.89. The normalized spacial score (nSPS) is 15.0. The fourth-order valence-corrected chi connectivity index (χ4v) is 4.33. The van der Waals surface area contributed by atoms with Gasteiger partial charge in [0.2, 0.25) is 5.91 Å². The molecule has 0 heterocycles. The number of carbonyl (C=O) groups is 1. The Morgan fingerprint density at radius 2 is 1.50 bits per heavy atom. The summed E-state index contributed by atoms with van der Waals surface area (Å²) >= 11 is 6.15. The molecule has 0 spiro atoms. The van der Waals surface area contributed by atoms with Crippen molar-refractivity contribution in [1.29, 1.82) is 0 Å². The number of nitrogens with zero attached hydrogens (tertiary/aromatic N) is 1. The second-order valence-corrected chi connectivity index (χ2v) is 8.33. The van der Waals surface area contributed by atoms with E-state index in [9.17, 15) is 4.79 Å². The molecule has 4 heteroatoms. The quantitative estimate of drug-likeness (QED) is 0.499. The van der Waals surface area contributed by atoms with Gasteiger partial charge in [-0.3, -0.25) is 4.79 Å². The van der Waals surface area contributed by atoms with Gasteiger partial charge < -0.3 is 10.2 Å². The Hall–Kier alpha value is -2.78. The highest BCUT2D eigenvalue weighted by Gasteiger charge is 2.30. The Bertz CT molecular complexity index is 938. The van der Waals surface area contributed by atoms with Crippen LogP contribution in [-0.4, -0.2) is 11.9 Å². The molecule has 154 valence electrons. The summed E-state index contributed by atoms with van der Waals surface area (Å²) in [4.78, 5) is 15.8. The Labute approximate surface area is 183 Å². The molecule has 0 bridgehead atoms. The van der Waals surface area contributed by atoms with Crippen LogP contribution < -0.4 is 10.2 Å². The van der Waals surface area contributed by atoms with Gasteiger partial charge in [-0.25, -0.2) is 0 Å². The van der Waals surface area contributed by atoms with Crippen LogP contribution in [0.3, 0.4) is 0 Å². The lowest BCUT2D eigenvalue weighted by molar-refractivity contribution is -0.123. The summed E-state index contributed by atoms with van der Waals surface area (Å²) in [6.07, 6.45) is 4.48. The molecule has 0 saturated heterocycles. The van der Waals surface area contributed by atoms with Gasteiger partial charge in [0.25, 0.3) is 0 Å². The first-order valence-electron chi connectivity index (χ1n) is 10.6. The monoisotopic (exact) mass is 418 g/mol. The highest BCUT2D eigenvalue weighted by atomic mass is 35.5. The minimum atomic E-state index is -0.439. The molecular weight excluding hydrogens is 392 g/mol. The zero-order chi connectivity index (χ0) is 20.8. The molecule has 1 aliphatic rings. The van der Waals surface area contributed by atoms with Crippen molar-refractivity contribution in [1.82, 2.24) is 5.32 Å². The van der Waals surface area contributed by atoms with E-state index in [1.165, 1.54) is 12.8 Å². The third kappa shape index (κ3) is 5.03. The Morgan fingerprint density at radius 3 is 2.13 bits per heavy atom. The van der Waals surface area contributed by atoms with E-state index in [2.05, 4.69) is 34.5 Å². The van der Waals surface area contributed by atoms with Crippen molar-refractivity contribution < 1.29 is 4.79 Å². The van der Waals surface area contributed by atoms with Crippen LogP contribution in [0.1, 0.15) is 42.9 Å². The van der Waals surface area contributed by atoms with E-state index in [1.807, 2.05) is 60.7 Å². The number of nitrogens with one attached hydrogen (secondary N) is 1. The molecule has 1 saturated carbocycles. The van der Waals surface area contributed by atoms with Crippen molar-refractivity contribution in [3.8, 4) is 0 Å². The van der Waals surface area contributed by atoms with E-state index in [-0.39, 0.29) is 11.9 Å². The lowest BCUT2D eigenvalue weighted by Gasteiger charge is -2.34. The van der Waals surface area contributed by atoms with Crippen molar-refractivity contribution in [2.24, 2.45) is 0 Å². The molecule has 30 heavy (non-hydrogen) atoms. The highest BCUT2D eigenvalue weighted by molar-refractivity contribution is 6.30. The van der Waals surface area contributed by atoms with Crippen LogP contribution in [0, 0.1) is 0 Å². The SMILES string of the molecule is O=C(NC1CCCC1)[C@H](c1ccc(Cl)cc1)N(Cc1ccccc1)c1ccccc1. The van der Waals surface area contributed by atoms with Crippen LogP contribution in [0.2, 0.25) is 5.02 Å².